The van der Waals surface area contributed by atoms with E-state index >= 15 is 0 Å². The Hall–Kier alpha value is -2.49. The number of benzene rings is 1. The first-order valence-electron chi connectivity index (χ1n) is 7.89. The van der Waals surface area contributed by atoms with Crippen molar-refractivity contribution in [1.29, 1.82) is 0 Å². The fraction of sp³-hybridized carbons (Fsp3) is 0.188. The Bertz CT molecular complexity index is 1080. The molecule has 0 spiro atoms. The minimum Gasteiger partial charge on any atom is -0.322 e. The van der Waals surface area contributed by atoms with Crippen LogP contribution in [0.25, 0.3) is 11.4 Å². The molecule has 26 heavy (non-hydrogen) atoms. The molecule has 0 radical (unpaired) electrons. The fourth-order valence-electron chi connectivity index (χ4n) is 2.61. The van der Waals surface area contributed by atoms with Gasteiger partial charge in [0.1, 0.15) is 5.02 Å². The van der Waals surface area contributed by atoms with Crippen LogP contribution in [-0.4, -0.2) is 28.6 Å². The Kier molecular flexibility index (Phi) is 4.14. The van der Waals surface area contributed by atoms with Gasteiger partial charge in [0.05, 0.1) is 11.1 Å². The summed E-state index contributed by atoms with van der Waals surface area (Å²) in [5.74, 6) is 1.64. The molecule has 0 saturated heterocycles. The Labute approximate surface area is 154 Å². The molecule has 1 fully saturated rings. The Balaban J connectivity index is 1.70. The van der Waals surface area contributed by atoms with Crippen molar-refractivity contribution in [3.63, 3.8) is 0 Å². The highest BCUT2D eigenvalue weighted by Gasteiger charge is 2.25. The van der Waals surface area contributed by atoms with E-state index in [9.17, 15) is 8.42 Å². The van der Waals surface area contributed by atoms with Crippen molar-refractivity contribution in [2.24, 2.45) is 5.14 Å². The van der Waals surface area contributed by atoms with Crippen LogP contribution in [0.15, 0.2) is 41.4 Å². The summed E-state index contributed by atoms with van der Waals surface area (Å²) < 4.78 is 23.6. The third-order valence-corrected chi connectivity index (χ3v) is 5.29. The van der Waals surface area contributed by atoms with Gasteiger partial charge in [-0.15, -0.1) is 0 Å². The molecular weight excluding hydrogens is 376 g/mol. The van der Waals surface area contributed by atoms with Gasteiger partial charge >= 0.3 is 0 Å². The Morgan fingerprint density at radius 1 is 1.27 bits per heavy atom. The monoisotopic (exact) mass is 390 g/mol. The summed E-state index contributed by atoms with van der Waals surface area (Å²) in [5, 5.41) is 15.8. The summed E-state index contributed by atoms with van der Waals surface area (Å²) in [6.45, 7) is 0. The second-order valence-electron chi connectivity index (χ2n) is 6.04. The molecular formula is C16H15ClN6O2S. The molecule has 0 atom stereocenters. The maximum Gasteiger partial charge on any atom is 0.238 e. The molecule has 3 aromatic rings. The van der Waals surface area contributed by atoms with Gasteiger partial charge in [0.25, 0.3) is 0 Å². The van der Waals surface area contributed by atoms with E-state index in [1.54, 1.807) is 18.2 Å². The maximum atomic E-state index is 11.8. The Morgan fingerprint density at radius 3 is 2.77 bits per heavy atom. The number of sulfonamides is 1. The number of anilines is 2. The largest absolute Gasteiger partial charge is 0.322 e. The summed E-state index contributed by atoms with van der Waals surface area (Å²) in [5.41, 5.74) is 1.37. The molecule has 8 nitrogen and oxygen atoms in total. The van der Waals surface area contributed by atoms with Gasteiger partial charge in [-0.2, -0.15) is 5.10 Å². The topological polar surface area (TPSA) is 127 Å². The van der Waals surface area contributed by atoms with Gasteiger partial charge in [-0.05, 0) is 25.0 Å². The number of nitrogens with one attached hydrogen (secondary N) is 2. The average molecular weight is 391 g/mol. The number of primary sulfonamides is 1. The summed E-state index contributed by atoms with van der Waals surface area (Å²) in [6.07, 6.45) is 3.72. The lowest BCUT2D eigenvalue weighted by Crippen LogP contribution is -2.14. The molecule has 1 aromatic carbocycles. The standard InChI is InChI=1S/C16H15ClN6O2S/c17-11-8-19-15(10-3-1-2-4-13(10)26(18,24)25)21-16(11)20-14-7-12(22-23-14)9-5-6-9/h1-4,7-9H,5-6H2,(H2,18,24,25)(H2,19,20,21,22,23). The molecule has 0 bridgehead atoms. The van der Waals surface area contributed by atoms with Crippen LogP contribution >= 0.6 is 11.6 Å². The number of aromatic amines is 1. The summed E-state index contributed by atoms with van der Waals surface area (Å²) in [4.78, 5) is 8.44. The number of hydrogen-bond acceptors (Lipinski definition) is 6. The lowest BCUT2D eigenvalue weighted by molar-refractivity contribution is 0.598. The van der Waals surface area contributed by atoms with Crippen molar-refractivity contribution in [2.75, 3.05) is 5.32 Å². The van der Waals surface area contributed by atoms with E-state index in [0.29, 0.717) is 23.1 Å². The van der Waals surface area contributed by atoms with Crippen LogP contribution in [0.5, 0.6) is 0 Å². The quantitative estimate of drug-likeness (QED) is 0.614. The lowest BCUT2D eigenvalue weighted by atomic mass is 10.2. The average Bonchev–Trinajstić information content (AvgIpc) is 3.36. The number of aromatic nitrogens is 4. The van der Waals surface area contributed by atoms with E-state index in [1.165, 1.54) is 12.3 Å². The van der Waals surface area contributed by atoms with Crippen molar-refractivity contribution in [2.45, 2.75) is 23.7 Å². The van der Waals surface area contributed by atoms with Crippen LogP contribution in [-0.2, 0) is 10.0 Å². The fourth-order valence-corrected chi connectivity index (χ4v) is 3.48. The van der Waals surface area contributed by atoms with E-state index in [1.807, 2.05) is 6.07 Å². The molecule has 4 rings (SSSR count). The van der Waals surface area contributed by atoms with E-state index in [-0.39, 0.29) is 15.7 Å². The van der Waals surface area contributed by atoms with Crippen molar-refractivity contribution < 1.29 is 8.42 Å². The minimum atomic E-state index is -3.91. The molecule has 10 heteroatoms. The summed E-state index contributed by atoms with van der Waals surface area (Å²) >= 11 is 6.18. The highest BCUT2D eigenvalue weighted by molar-refractivity contribution is 7.89. The predicted molar refractivity (Wildman–Crippen MR) is 97.7 cm³/mol. The first-order valence-corrected chi connectivity index (χ1v) is 9.81. The molecule has 0 unspecified atom stereocenters. The number of hydrogen-bond donors (Lipinski definition) is 3. The van der Waals surface area contributed by atoms with Crippen LogP contribution in [0, 0.1) is 0 Å². The predicted octanol–water partition coefficient (Wildman–Crippen LogP) is 2.79. The SMILES string of the molecule is NS(=O)(=O)c1ccccc1-c1ncc(Cl)c(Nc2cc(C3CC3)[nH]n2)n1. The zero-order chi connectivity index (χ0) is 18.3. The highest BCUT2D eigenvalue weighted by atomic mass is 35.5. The molecule has 2 aromatic heterocycles. The number of rotatable bonds is 5. The number of nitrogens with two attached hydrogens (primary N) is 1. The summed E-state index contributed by atoms with van der Waals surface area (Å²) in [6, 6.07) is 8.18. The van der Waals surface area contributed by atoms with Crippen molar-refractivity contribution >= 4 is 33.3 Å². The van der Waals surface area contributed by atoms with E-state index in [0.717, 1.165) is 18.5 Å². The van der Waals surface area contributed by atoms with Gasteiger partial charge in [-0.1, -0.05) is 23.7 Å². The van der Waals surface area contributed by atoms with E-state index in [2.05, 4.69) is 25.5 Å². The van der Waals surface area contributed by atoms with Gasteiger partial charge in [-0.25, -0.2) is 23.5 Å². The highest BCUT2D eigenvalue weighted by Crippen LogP contribution is 2.39. The van der Waals surface area contributed by atoms with Crippen LogP contribution in [0.4, 0.5) is 11.6 Å². The van der Waals surface area contributed by atoms with Gasteiger partial charge in [-0.3, -0.25) is 5.10 Å². The molecule has 2 heterocycles. The maximum absolute atomic E-state index is 11.8. The smallest absolute Gasteiger partial charge is 0.238 e. The number of nitrogens with zero attached hydrogens (tertiary/aromatic N) is 3. The van der Waals surface area contributed by atoms with Crippen LogP contribution in [0.3, 0.4) is 0 Å². The number of halogens is 1. The molecule has 1 aliphatic carbocycles. The Morgan fingerprint density at radius 2 is 2.04 bits per heavy atom. The van der Waals surface area contributed by atoms with E-state index < -0.39 is 10.0 Å². The molecule has 1 aliphatic rings. The lowest BCUT2D eigenvalue weighted by Gasteiger charge is -2.09. The molecule has 0 amide bonds. The second-order valence-corrected chi connectivity index (χ2v) is 7.98. The third-order valence-electron chi connectivity index (χ3n) is 4.04. The van der Waals surface area contributed by atoms with Crippen LogP contribution < -0.4 is 10.5 Å². The molecule has 134 valence electrons. The van der Waals surface area contributed by atoms with Crippen molar-refractivity contribution in [3.8, 4) is 11.4 Å². The second kappa shape index (κ2) is 6.35. The molecule has 0 aliphatic heterocycles. The van der Waals surface area contributed by atoms with Crippen LogP contribution in [0.1, 0.15) is 24.5 Å². The number of H-pyrrole nitrogens is 1. The normalized spacial score (nSPS) is 14.4. The van der Waals surface area contributed by atoms with Gasteiger partial charge in [0.15, 0.2) is 17.5 Å². The zero-order valence-corrected chi connectivity index (χ0v) is 15.0. The first-order chi connectivity index (χ1) is 12.4. The third kappa shape index (κ3) is 3.41. The zero-order valence-electron chi connectivity index (χ0n) is 13.5. The first kappa shape index (κ1) is 17.0. The van der Waals surface area contributed by atoms with Crippen LogP contribution in [0.2, 0.25) is 5.02 Å². The minimum absolute atomic E-state index is 0.0518. The van der Waals surface area contributed by atoms with E-state index in [4.69, 9.17) is 16.7 Å². The summed E-state index contributed by atoms with van der Waals surface area (Å²) in [7, 11) is -3.91. The van der Waals surface area contributed by atoms with Gasteiger partial charge < -0.3 is 5.32 Å². The van der Waals surface area contributed by atoms with Gasteiger partial charge in [0.2, 0.25) is 10.0 Å². The van der Waals surface area contributed by atoms with Crippen molar-refractivity contribution in [1.82, 2.24) is 20.2 Å². The molecule has 1 saturated carbocycles. The molecule has 4 N–H and O–H groups in total. The van der Waals surface area contributed by atoms with Crippen molar-refractivity contribution in [3.05, 3.63) is 47.2 Å². The van der Waals surface area contributed by atoms with Gasteiger partial charge in [0, 0.05) is 23.2 Å².